The van der Waals surface area contributed by atoms with Crippen molar-refractivity contribution >= 4 is 5.69 Å². The highest BCUT2D eigenvalue weighted by Gasteiger charge is 2.17. The minimum absolute atomic E-state index is 0.809. The molecular weight excluding hydrogens is 324 g/mol. The first kappa shape index (κ1) is 16.8. The van der Waals surface area contributed by atoms with Gasteiger partial charge in [0.1, 0.15) is 5.69 Å². The van der Waals surface area contributed by atoms with Crippen LogP contribution in [0.15, 0.2) is 59.3 Å². The van der Waals surface area contributed by atoms with Gasteiger partial charge < -0.3 is 9.42 Å². The summed E-state index contributed by atoms with van der Waals surface area (Å²) in [6, 6.07) is 16.5. The maximum absolute atomic E-state index is 5.58. The standard InChI is InChI=1S/C21H24N4O/c1-17-14-19(8-9-22-17)25-11-5-10-24(12-13-25)16-20-15-21(23-26-20)18-6-3-2-4-7-18/h2-4,6-9,14-15H,5,10-13,16H2,1H3. The van der Waals surface area contributed by atoms with E-state index in [2.05, 4.69) is 50.3 Å². The molecule has 0 spiro atoms. The van der Waals surface area contributed by atoms with Crippen molar-refractivity contribution in [2.45, 2.75) is 19.9 Å². The van der Waals surface area contributed by atoms with Crippen LogP contribution in [0.5, 0.6) is 0 Å². The molecule has 0 N–H and O–H groups in total. The van der Waals surface area contributed by atoms with Gasteiger partial charge in [-0.3, -0.25) is 9.88 Å². The minimum atomic E-state index is 0.809. The third-order valence-corrected chi connectivity index (χ3v) is 4.84. The Morgan fingerprint density at radius 2 is 1.88 bits per heavy atom. The molecule has 0 amide bonds. The van der Waals surface area contributed by atoms with Crippen molar-refractivity contribution in [3.63, 3.8) is 0 Å². The highest BCUT2D eigenvalue weighted by atomic mass is 16.5. The van der Waals surface area contributed by atoms with Gasteiger partial charge in [0.05, 0.1) is 6.54 Å². The van der Waals surface area contributed by atoms with Crippen LogP contribution in [0.3, 0.4) is 0 Å². The van der Waals surface area contributed by atoms with Crippen molar-refractivity contribution in [3.8, 4) is 11.3 Å². The first-order chi connectivity index (χ1) is 12.8. The number of aryl methyl sites for hydroxylation is 1. The molecule has 2 aromatic heterocycles. The van der Waals surface area contributed by atoms with E-state index in [4.69, 9.17) is 4.52 Å². The molecule has 0 atom stereocenters. The fraction of sp³-hybridized carbons (Fsp3) is 0.333. The van der Waals surface area contributed by atoms with Crippen LogP contribution in [0.4, 0.5) is 5.69 Å². The summed E-state index contributed by atoms with van der Waals surface area (Å²) < 4.78 is 5.58. The van der Waals surface area contributed by atoms with Crippen LogP contribution < -0.4 is 4.90 Å². The molecule has 3 aromatic rings. The second kappa shape index (κ2) is 7.70. The predicted octanol–water partition coefficient (Wildman–Crippen LogP) is 3.76. The molecule has 4 rings (SSSR count). The van der Waals surface area contributed by atoms with Gasteiger partial charge in [0.15, 0.2) is 5.76 Å². The van der Waals surface area contributed by atoms with E-state index in [0.717, 1.165) is 61.9 Å². The zero-order chi connectivity index (χ0) is 17.8. The number of benzene rings is 1. The molecule has 0 radical (unpaired) electrons. The largest absolute Gasteiger partial charge is 0.370 e. The second-order valence-corrected chi connectivity index (χ2v) is 6.82. The lowest BCUT2D eigenvalue weighted by Crippen LogP contribution is -2.30. The summed E-state index contributed by atoms with van der Waals surface area (Å²) in [5.41, 5.74) is 4.34. The van der Waals surface area contributed by atoms with Crippen molar-refractivity contribution in [1.29, 1.82) is 0 Å². The molecule has 1 aliphatic rings. The fourth-order valence-corrected chi connectivity index (χ4v) is 3.47. The van der Waals surface area contributed by atoms with Gasteiger partial charge in [-0.25, -0.2) is 0 Å². The highest BCUT2D eigenvalue weighted by molar-refractivity contribution is 5.58. The number of pyridine rings is 1. The third-order valence-electron chi connectivity index (χ3n) is 4.84. The average molecular weight is 348 g/mol. The number of hydrogen-bond donors (Lipinski definition) is 0. The molecule has 26 heavy (non-hydrogen) atoms. The topological polar surface area (TPSA) is 45.4 Å². The summed E-state index contributed by atoms with van der Waals surface area (Å²) in [4.78, 5) is 9.20. The van der Waals surface area contributed by atoms with E-state index in [-0.39, 0.29) is 0 Å². The van der Waals surface area contributed by atoms with Crippen LogP contribution in [-0.4, -0.2) is 41.2 Å². The number of nitrogens with zero attached hydrogens (tertiary/aromatic N) is 4. The first-order valence-electron chi connectivity index (χ1n) is 9.19. The van der Waals surface area contributed by atoms with Crippen molar-refractivity contribution in [1.82, 2.24) is 15.0 Å². The molecule has 1 saturated heterocycles. The molecule has 3 heterocycles. The first-order valence-corrected chi connectivity index (χ1v) is 9.19. The van der Waals surface area contributed by atoms with Crippen LogP contribution in [0.1, 0.15) is 17.9 Å². The lowest BCUT2D eigenvalue weighted by atomic mass is 10.1. The van der Waals surface area contributed by atoms with Crippen molar-refractivity contribution in [3.05, 3.63) is 66.2 Å². The van der Waals surface area contributed by atoms with Crippen LogP contribution in [0.25, 0.3) is 11.3 Å². The second-order valence-electron chi connectivity index (χ2n) is 6.82. The monoisotopic (exact) mass is 348 g/mol. The van der Waals surface area contributed by atoms with E-state index in [9.17, 15) is 0 Å². The fourth-order valence-electron chi connectivity index (χ4n) is 3.47. The Morgan fingerprint density at radius 1 is 1.00 bits per heavy atom. The van der Waals surface area contributed by atoms with Gasteiger partial charge >= 0.3 is 0 Å². The Kier molecular flexibility index (Phi) is 4.97. The molecule has 0 saturated carbocycles. The summed E-state index contributed by atoms with van der Waals surface area (Å²) in [6.07, 6.45) is 3.04. The van der Waals surface area contributed by atoms with Gasteiger partial charge in [-0.15, -0.1) is 0 Å². The Labute approximate surface area is 154 Å². The zero-order valence-electron chi connectivity index (χ0n) is 15.1. The zero-order valence-corrected chi connectivity index (χ0v) is 15.1. The number of aromatic nitrogens is 2. The molecule has 1 fully saturated rings. The molecule has 0 aliphatic carbocycles. The number of anilines is 1. The summed E-state index contributed by atoms with van der Waals surface area (Å²) >= 11 is 0. The number of hydrogen-bond acceptors (Lipinski definition) is 5. The summed E-state index contributed by atoms with van der Waals surface area (Å²) in [5.74, 6) is 0.928. The van der Waals surface area contributed by atoms with E-state index in [1.54, 1.807) is 0 Å². The summed E-state index contributed by atoms with van der Waals surface area (Å²) in [5, 5.41) is 4.23. The molecule has 134 valence electrons. The maximum Gasteiger partial charge on any atom is 0.151 e. The lowest BCUT2D eigenvalue weighted by molar-refractivity contribution is 0.245. The quantitative estimate of drug-likeness (QED) is 0.718. The maximum atomic E-state index is 5.58. The molecular formula is C21H24N4O. The smallest absolute Gasteiger partial charge is 0.151 e. The van der Waals surface area contributed by atoms with Crippen molar-refractivity contribution in [2.24, 2.45) is 0 Å². The Hall–Kier alpha value is -2.66. The van der Waals surface area contributed by atoms with Gasteiger partial charge in [0.2, 0.25) is 0 Å². The SMILES string of the molecule is Cc1cc(N2CCCN(Cc3cc(-c4ccccc4)no3)CC2)ccn1. The molecule has 1 aromatic carbocycles. The molecule has 1 aliphatic heterocycles. The van der Waals surface area contributed by atoms with Crippen molar-refractivity contribution in [2.75, 3.05) is 31.1 Å². The summed E-state index contributed by atoms with van der Waals surface area (Å²) in [6.45, 7) is 7.03. The van der Waals surface area contributed by atoms with E-state index in [1.165, 1.54) is 5.69 Å². The lowest BCUT2D eigenvalue weighted by Gasteiger charge is -2.23. The van der Waals surface area contributed by atoms with E-state index in [1.807, 2.05) is 31.3 Å². The molecule has 5 heteroatoms. The van der Waals surface area contributed by atoms with Crippen molar-refractivity contribution < 1.29 is 4.52 Å². The molecule has 5 nitrogen and oxygen atoms in total. The third kappa shape index (κ3) is 3.94. The number of rotatable bonds is 4. The van der Waals surface area contributed by atoms with Gasteiger partial charge in [-0.1, -0.05) is 35.5 Å². The Morgan fingerprint density at radius 3 is 2.73 bits per heavy atom. The van der Waals surface area contributed by atoms with Gasteiger partial charge in [0, 0.05) is 55.4 Å². The van der Waals surface area contributed by atoms with Gasteiger partial charge in [0.25, 0.3) is 0 Å². The Bertz CT molecular complexity index is 846. The van der Waals surface area contributed by atoms with E-state index >= 15 is 0 Å². The predicted molar refractivity (Wildman–Crippen MR) is 103 cm³/mol. The van der Waals surface area contributed by atoms with E-state index in [0.29, 0.717) is 0 Å². The van der Waals surface area contributed by atoms with Gasteiger partial charge in [-0.05, 0) is 25.5 Å². The van der Waals surface area contributed by atoms with E-state index < -0.39 is 0 Å². The average Bonchev–Trinajstić information content (AvgIpc) is 3.00. The van der Waals surface area contributed by atoms with Crippen LogP contribution in [-0.2, 0) is 6.54 Å². The normalized spacial score (nSPS) is 15.8. The summed E-state index contributed by atoms with van der Waals surface area (Å²) in [7, 11) is 0. The highest BCUT2D eigenvalue weighted by Crippen LogP contribution is 2.21. The minimum Gasteiger partial charge on any atom is -0.370 e. The van der Waals surface area contributed by atoms with Crippen LogP contribution >= 0.6 is 0 Å². The van der Waals surface area contributed by atoms with Crippen LogP contribution in [0.2, 0.25) is 0 Å². The molecule has 0 unspecified atom stereocenters. The van der Waals surface area contributed by atoms with Crippen LogP contribution in [0, 0.1) is 6.92 Å². The Balaban J connectivity index is 1.38. The van der Waals surface area contributed by atoms with Gasteiger partial charge in [-0.2, -0.15) is 0 Å². The molecule has 0 bridgehead atoms.